The van der Waals surface area contributed by atoms with Gasteiger partial charge in [0, 0.05) is 24.7 Å². The zero-order valence-electron chi connectivity index (χ0n) is 13.0. The first-order valence-corrected chi connectivity index (χ1v) is 7.85. The van der Waals surface area contributed by atoms with Gasteiger partial charge in [0.1, 0.15) is 5.75 Å². The predicted molar refractivity (Wildman–Crippen MR) is 83.9 cm³/mol. The SMILES string of the molecule is CCC1(CC)CN(Cc2ccc(O)cc2)C(C)CCN1. The summed E-state index contributed by atoms with van der Waals surface area (Å²) in [6.07, 6.45) is 3.53. The minimum Gasteiger partial charge on any atom is -0.508 e. The summed E-state index contributed by atoms with van der Waals surface area (Å²) in [4.78, 5) is 2.58. The molecule has 3 heteroatoms. The fourth-order valence-corrected chi connectivity index (χ4v) is 3.10. The Balaban J connectivity index is 2.12. The number of phenolic OH excluding ortho intramolecular Hbond substituents is 1. The number of rotatable bonds is 4. The largest absolute Gasteiger partial charge is 0.508 e. The van der Waals surface area contributed by atoms with E-state index in [4.69, 9.17) is 0 Å². The molecule has 3 nitrogen and oxygen atoms in total. The van der Waals surface area contributed by atoms with Crippen LogP contribution < -0.4 is 5.32 Å². The van der Waals surface area contributed by atoms with Gasteiger partial charge in [-0.1, -0.05) is 26.0 Å². The summed E-state index contributed by atoms with van der Waals surface area (Å²) < 4.78 is 0. The molecule has 2 rings (SSSR count). The van der Waals surface area contributed by atoms with Crippen LogP contribution in [-0.2, 0) is 6.54 Å². The van der Waals surface area contributed by atoms with Crippen molar-refractivity contribution in [3.05, 3.63) is 29.8 Å². The van der Waals surface area contributed by atoms with E-state index >= 15 is 0 Å². The van der Waals surface area contributed by atoms with Gasteiger partial charge >= 0.3 is 0 Å². The number of benzene rings is 1. The van der Waals surface area contributed by atoms with E-state index < -0.39 is 0 Å². The molecule has 0 aromatic heterocycles. The van der Waals surface area contributed by atoms with Crippen LogP contribution in [0.25, 0.3) is 0 Å². The molecule has 0 radical (unpaired) electrons. The molecule has 1 aliphatic heterocycles. The Kier molecular flexibility index (Phi) is 5.06. The van der Waals surface area contributed by atoms with Crippen LogP contribution in [0.15, 0.2) is 24.3 Å². The predicted octanol–water partition coefficient (Wildman–Crippen LogP) is 3.13. The van der Waals surface area contributed by atoms with Crippen molar-refractivity contribution in [2.75, 3.05) is 13.1 Å². The lowest BCUT2D eigenvalue weighted by Gasteiger charge is -2.37. The molecule has 1 saturated heterocycles. The van der Waals surface area contributed by atoms with E-state index in [0.717, 1.165) is 19.6 Å². The van der Waals surface area contributed by atoms with Crippen molar-refractivity contribution >= 4 is 0 Å². The quantitative estimate of drug-likeness (QED) is 0.887. The Hall–Kier alpha value is -1.06. The highest BCUT2D eigenvalue weighted by Gasteiger charge is 2.32. The Bertz CT molecular complexity index is 412. The standard InChI is InChI=1S/C17H28N2O/c1-4-17(5-2)13-19(14(3)10-11-18-17)12-15-6-8-16(20)9-7-15/h6-9,14,18,20H,4-5,10-13H2,1-3H3. The van der Waals surface area contributed by atoms with Crippen LogP contribution in [0.5, 0.6) is 5.75 Å². The molecular weight excluding hydrogens is 248 g/mol. The van der Waals surface area contributed by atoms with Gasteiger partial charge in [-0.05, 0) is 50.4 Å². The molecule has 1 heterocycles. The lowest BCUT2D eigenvalue weighted by Crippen LogP contribution is -2.51. The Morgan fingerprint density at radius 1 is 1.25 bits per heavy atom. The highest BCUT2D eigenvalue weighted by atomic mass is 16.3. The molecule has 1 aromatic rings. The van der Waals surface area contributed by atoms with Crippen LogP contribution in [-0.4, -0.2) is 34.7 Å². The fraction of sp³-hybridized carbons (Fsp3) is 0.647. The molecule has 2 N–H and O–H groups in total. The summed E-state index contributed by atoms with van der Waals surface area (Å²) in [5, 5.41) is 13.2. The van der Waals surface area contributed by atoms with E-state index in [1.165, 1.54) is 24.8 Å². The highest BCUT2D eigenvalue weighted by molar-refractivity contribution is 5.25. The number of phenols is 1. The van der Waals surface area contributed by atoms with Crippen LogP contribution in [0.1, 0.15) is 45.6 Å². The molecule has 1 atom stereocenters. The molecule has 0 aliphatic carbocycles. The molecule has 20 heavy (non-hydrogen) atoms. The summed E-state index contributed by atoms with van der Waals surface area (Å²) in [6, 6.07) is 8.21. The van der Waals surface area contributed by atoms with E-state index in [1.807, 2.05) is 12.1 Å². The summed E-state index contributed by atoms with van der Waals surface area (Å²) in [5.74, 6) is 0.343. The monoisotopic (exact) mass is 276 g/mol. The maximum Gasteiger partial charge on any atom is 0.115 e. The maximum atomic E-state index is 9.40. The normalized spacial score (nSPS) is 23.4. The van der Waals surface area contributed by atoms with Crippen molar-refractivity contribution in [2.45, 2.75) is 58.2 Å². The van der Waals surface area contributed by atoms with Crippen LogP contribution >= 0.6 is 0 Å². The molecule has 0 saturated carbocycles. The van der Waals surface area contributed by atoms with Gasteiger partial charge in [-0.3, -0.25) is 4.90 Å². The average Bonchev–Trinajstić information content (AvgIpc) is 2.62. The summed E-state index contributed by atoms with van der Waals surface area (Å²) >= 11 is 0. The third kappa shape index (κ3) is 3.53. The van der Waals surface area contributed by atoms with Crippen molar-refractivity contribution in [1.82, 2.24) is 10.2 Å². The fourth-order valence-electron chi connectivity index (χ4n) is 3.10. The smallest absolute Gasteiger partial charge is 0.115 e. The van der Waals surface area contributed by atoms with Crippen LogP contribution in [0, 0.1) is 0 Å². The lowest BCUT2D eigenvalue weighted by atomic mass is 9.92. The number of hydrogen-bond acceptors (Lipinski definition) is 3. The minimum absolute atomic E-state index is 0.252. The zero-order chi connectivity index (χ0) is 14.6. The van der Waals surface area contributed by atoms with Gasteiger partial charge in [-0.15, -0.1) is 0 Å². The van der Waals surface area contributed by atoms with Crippen LogP contribution in [0.2, 0.25) is 0 Å². The van der Waals surface area contributed by atoms with Gasteiger partial charge < -0.3 is 10.4 Å². The van der Waals surface area contributed by atoms with Crippen molar-refractivity contribution in [2.24, 2.45) is 0 Å². The molecular formula is C17H28N2O. The van der Waals surface area contributed by atoms with Crippen molar-refractivity contribution in [1.29, 1.82) is 0 Å². The average molecular weight is 276 g/mol. The Morgan fingerprint density at radius 3 is 2.50 bits per heavy atom. The van der Waals surface area contributed by atoms with E-state index in [9.17, 15) is 5.11 Å². The topological polar surface area (TPSA) is 35.5 Å². The first-order valence-electron chi connectivity index (χ1n) is 7.85. The van der Waals surface area contributed by atoms with Gasteiger partial charge in [-0.2, -0.15) is 0 Å². The maximum absolute atomic E-state index is 9.40. The second kappa shape index (κ2) is 6.59. The summed E-state index contributed by atoms with van der Waals surface area (Å²) in [5.41, 5.74) is 1.53. The van der Waals surface area contributed by atoms with Crippen LogP contribution in [0.4, 0.5) is 0 Å². The Morgan fingerprint density at radius 2 is 1.90 bits per heavy atom. The zero-order valence-corrected chi connectivity index (χ0v) is 13.0. The molecule has 0 amide bonds. The number of hydrogen-bond donors (Lipinski definition) is 2. The molecule has 1 unspecified atom stereocenters. The Labute approximate surface area is 123 Å². The summed E-state index contributed by atoms with van der Waals surface area (Å²) in [7, 11) is 0. The molecule has 1 fully saturated rings. The summed E-state index contributed by atoms with van der Waals surface area (Å²) in [6.45, 7) is 10.1. The van der Waals surface area contributed by atoms with Crippen molar-refractivity contribution < 1.29 is 5.11 Å². The number of aromatic hydroxyl groups is 1. The first-order chi connectivity index (χ1) is 9.58. The highest BCUT2D eigenvalue weighted by Crippen LogP contribution is 2.24. The third-order valence-corrected chi connectivity index (χ3v) is 4.87. The molecule has 0 bridgehead atoms. The van der Waals surface area contributed by atoms with Gasteiger partial charge in [0.2, 0.25) is 0 Å². The van der Waals surface area contributed by atoms with Crippen molar-refractivity contribution in [3.8, 4) is 5.75 Å². The second-order valence-corrected chi connectivity index (χ2v) is 6.12. The molecule has 0 spiro atoms. The molecule has 1 aromatic carbocycles. The lowest BCUT2D eigenvalue weighted by molar-refractivity contribution is 0.152. The van der Waals surface area contributed by atoms with Gasteiger partial charge in [0.05, 0.1) is 0 Å². The molecule has 1 aliphatic rings. The van der Waals surface area contributed by atoms with Gasteiger partial charge in [0.15, 0.2) is 0 Å². The minimum atomic E-state index is 0.252. The molecule has 112 valence electrons. The van der Waals surface area contributed by atoms with Gasteiger partial charge in [0.25, 0.3) is 0 Å². The van der Waals surface area contributed by atoms with E-state index in [0.29, 0.717) is 11.8 Å². The van der Waals surface area contributed by atoms with Crippen LogP contribution in [0.3, 0.4) is 0 Å². The first kappa shape index (κ1) is 15.3. The van der Waals surface area contributed by atoms with E-state index in [2.05, 4.69) is 31.0 Å². The van der Waals surface area contributed by atoms with E-state index in [-0.39, 0.29) is 5.54 Å². The van der Waals surface area contributed by atoms with Gasteiger partial charge in [-0.25, -0.2) is 0 Å². The number of nitrogens with one attached hydrogen (secondary N) is 1. The third-order valence-electron chi connectivity index (χ3n) is 4.87. The van der Waals surface area contributed by atoms with Crippen molar-refractivity contribution in [3.63, 3.8) is 0 Å². The number of nitrogens with zero attached hydrogens (tertiary/aromatic N) is 1. The second-order valence-electron chi connectivity index (χ2n) is 6.12. The van der Waals surface area contributed by atoms with E-state index in [1.54, 1.807) is 12.1 Å².